The fraction of sp³-hybridized carbons (Fsp3) is 0.417. The van der Waals surface area contributed by atoms with Gasteiger partial charge in [-0.2, -0.15) is 0 Å². The van der Waals surface area contributed by atoms with E-state index in [0.29, 0.717) is 28.2 Å². The molecule has 168 valence electrons. The molecule has 2 amide bonds. The Bertz CT molecular complexity index is 906. The summed E-state index contributed by atoms with van der Waals surface area (Å²) in [4.78, 5) is 27.8. The zero-order valence-corrected chi connectivity index (χ0v) is 20.8. The topological polar surface area (TPSA) is 58.6 Å². The van der Waals surface area contributed by atoms with Gasteiger partial charge in [-0.25, -0.2) is 0 Å². The number of halogens is 2. The number of hydrogen-bond acceptors (Lipinski definition) is 3. The Morgan fingerprint density at radius 3 is 2.48 bits per heavy atom. The number of amides is 2. The normalized spacial score (nSPS) is 12.7. The quantitative estimate of drug-likeness (QED) is 0.459. The molecule has 0 aliphatic rings. The molecule has 0 aliphatic heterocycles. The van der Waals surface area contributed by atoms with Gasteiger partial charge < -0.3 is 15.0 Å². The molecule has 2 aromatic rings. The molecule has 31 heavy (non-hydrogen) atoms. The highest BCUT2D eigenvalue weighted by Crippen LogP contribution is 2.28. The highest BCUT2D eigenvalue weighted by atomic mass is 79.9. The van der Waals surface area contributed by atoms with Gasteiger partial charge >= 0.3 is 0 Å². The summed E-state index contributed by atoms with van der Waals surface area (Å²) < 4.78 is 6.42. The van der Waals surface area contributed by atoms with Crippen LogP contribution in [0.3, 0.4) is 0 Å². The zero-order chi connectivity index (χ0) is 23.0. The molecule has 1 N–H and O–H groups in total. The van der Waals surface area contributed by atoms with Gasteiger partial charge in [-0.1, -0.05) is 49.7 Å². The van der Waals surface area contributed by atoms with Crippen LogP contribution in [0.2, 0.25) is 5.02 Å². The van der Waals surface area contributed by atoms with E-state index >= 15 is 0 Å². The SMILES string of the molecule is CC[C@@H](C)NC(=O)[C@H](CC)N(Cc1ccccc1C)C(=O)COc1ccc(Cl)cc1Br. The molecular formula is C24H30BrClN2O3. The number of carbonyl (C=O) groups is 2. The van der Waals surface area contributed by atoms with Crippen LogP contribution in [0, 0.1) is 6.92 Å². The van der Waals surface area contributed by atoms with Crippen molar-refractivity contribution in [2.45, 2.75) is 59.2 Å². The van der Waals surface area contributed by atoms with Gasteiger partial charge in [-0.3, -0.25) is 9.59 Å². The Hall–Kier alpha value is -2.05. The number of carbonyl (C=O) groups excluding carboxylic acids is 2. The van der Waals surface area contributed by atoms with Crippen LogP contribution in [0.5, 0.6) is 5.75 Å². The van der Waals surface area contributed by atoms with Crippen LogP contribution in [0.25, 0.3) is 0 Å². The maximum atomic E-state index is 13.3. The Morgan fingerprint density at radius 2 is 1.87 bits per heavy atom. The van der Waals surface area contributed by atoms with Crippen molar-refractivity contribution in [2.24, 2.45) is 0 Å². The van der Waals surface area contributed by atoms with Crippen LogP contribution in [0.1, 0.15) is 44.7 Å². The summed E-state index contributed by atoms with van der Waals surface area (Å²) in [5.41, 5.74) is 2.07. The lowest BCUT2D eigenvalue weighted by Crippen LogP contribution is -2.51. The monoisotopic (exact) mass is 508 g/mol. The molecule has 0 saturated heterocycles. The van der Waals surface area contributed by atoms with Crippen molar-refractivity contribution < 1.29 is 14.3 Å². The molecule has 0 fully saturated rings. The molecule has 0 bridgehead atoms. The summed E-state index contributed by atoms with van der Waals surface area (Å²) >= 11 is 9.38. The largest absolute Gasteiger partial charge is 0.483 e. The smallest absolute Gasteiger partial charge is 0.261 e. The third-order valence-electron chi connectivity index (χ3n) is 5.23. The van der Waals surface area contributed by atoms with Crippen molar-refractivity contribution in [2.75, 3.05) is 6.61 Å². The standard InChI is InChI=1S/C24H30BrClN2O3/c1-5-17(4)27-24(30)21(6-2)28(14-18-10-8-7-9-16(18)3)23(29)15-31-22-12-11-19(26)13-20(22)25/h7-13,17,21H,5-6,14-15H2,1-4H3,(H,27,30)/t17-,21+/m1/s1. The van der Waals surface area contributed by atoms with Gasteiger partial charge in [0, 0.05) is 17.6 Å². The second-order valence-electron chi connectivity index (χ2n) is 7.55. The summed E-state index contributed by atoms with van der Waals surface area (Å²) in [6.45, 7) is 8.04. The highest BCUT2D eigenvalue weighted by molar-refractivity contribution is 9.10. The number of nitrogens with zero attached hydrogens (tertiary/aromatic N) is 1. The molecule has 0 unspecified atom stereocenters. The molecule has 0 radical (unpaired) electrons. The zero-order valence-electron chi connectivity index (χ0n) is 18.5. The number of rotatable bonds is 10. The predicted octanol–water partition coefficient (Wildman–Crippen LogP) is 5.51. The third-order valence-corrected chi connectivity index (χ3v) is 6.09. The summed E-state index contributed by atoms with van der Waals surface area (Å²) in [5.74, 6) is 0.119. The second kappa shape index (κ2) is 12.1. The second-order valence-corrected chi connectivity index (χ2v) is 8.84. The van der Waals surface area contributed by atoms with Crippen molar-refractivity contribution in [3.05, 3.63) is 63.1 Å². The van der Waals surface area contributed by atoms with Crippen LogP contribution in [0.4, 0.5) is 0 Å². The summed E-state index contributed by atoms with van der Waals surface area (Å²) in [5, 5.41) is 3.58. The van der Waals surface area contributed by atoms with E-state index in [1.165, 1.54) is 0 Å². The first-order valence-electron chi connectivity index (χ1n) is 10.5. The first-order valence-corrected chi connectivity index (χ1v) is 11.7. The Kier molecular flexibility index (Phi) is 9.85. The van der Waals surface area contributed by atoms with Crippen molar-refractivity contribution in [3.8, 4) is 5.75 Å². The van der Waals surface area contributed by atoms with Crippen molar-refractivity contribution >= 4 is 39.3 Å². The molecule has 2 atom stereocenters. The van der Waals surface area contributed by atoms with E-state index < -0.39 is 6.04 Å². The van der Waals surface area contributed by atoms with E-state index in [9.17, 15) is 9.59 Å². The van der Waals surface area contributed by atoms with E-state index in [1.807, 2.05) is 52.0 Å². The average Bonchev–Trinajstić information content (AvgIpc) is 2.74. The summed E-state index contributed by atoms with van der Waals surface area (Å²) in [6.07, 6.45) is 1.33. The molecule has 5 nitrogen and oxygen atoms in total. The molecule has 0 heterocycles. The van der Waals surface area contributed by atoms with Gasteiger partial charge in [0.1, 0.15) is 11.8 Å². The lowest BCUT2D eigenvalue weighted by molar-refractivity contribution is -0.143. The van der Waals surface area contributed by atoms with Crippen LogP contribution < -0.4 is 10.1 Å². The van der Waals surface area contributed by atoms with Gasteiger partial charge in [0.05, 0.1) is 4.47 Å². The van der Waals surface area contributed by atoms with Crippen molar-refractivity contribution in [1.82, 2.24) is 10.2 Å². The lowest BCUT2D eigenvalue weighted by atomic mass is 10.1. The third kappa shape index (κ3) is 7.25. The van der Waals surface area contributed by atoms with E-state index in [4.69, 9.17) is 16.3 Å². The minimum atomic E-state index is -0.585. The Morgan fingerprint density at radius 1 is 1.16 bits per heavy atom. The van der Waals surface area contributed by atoms with Gasteiger partial charge in [0.2, 0.25) is 5.91 Å². The number of nitrogens with one attached hydrogen (secondary N) is 1. The molecule has 2 rings (SSSR count). The number of benzene rings is 2. The first-order chi connectivity index (χ1) is 14.8. The van der Waals surface area contributed by atoms with Crippen LogP contribution in [-0.4, -0.2) is 35.4 Å². The summed E-state index contributed by atoms with van der Waals surface area (Å²) in [7, 11) is 0. The maximum absolute atomic E-state index is 13.3. The van der Waals surface area contributed by atoms with Crippen molar-refractivity contribution in [1.29, 1.82) is 0 Å². The molecule has 0 aliphatic carbocycles. The van der Waals surface area contributed by atoms with E-state index in [2.05, 4.69) is 21.2 Å². The highest BCUT2D eigenvalue weighted by Gasteiger charge is 2.29. The summed E-state index contributed by atoms with van der Waals surface area (Å²) in [6, 6.07) is 12.4. The molecule has 0 saturated carbocycles. The lowest BCUT2D eigenvalue weighted by Gasteiger charge is -2.31. The molecule has 2 aromatic carbocycles. The molecule has 0 spiro atoms. The van der Waals surface area contributed by atoms with E-state index in [0.717, 1.165) is 17.5 Å². The average molecular weight is 510 g/mol. The fourth-order valence-corrected chi connectivity index (χ4v) is 3.94. The minimum Gasteiger partial charge on any atom is -0.483 e. The van der Waals surface area contributed by atoms with E-state index in [-0.39, 0.29) is 24.5 Å². The molecule has 7 heteroatoms. The Balaban J connectivity index is 2.25. The van der Waals surface area contributed by atoms with Crippen LogP contribution in [-0.2, 0) is 16.1 Å². The first kappa shape index (κ1) is 25.2. The number of aryl methyl sites for hydroxylation is 1. The minimum absolute atomic E-state index is 0.0400. The molecule has 0 aromatic heterocycles. The van der Waals surface area contributed by atoms with Crippen molar-refractivity contribution in [3.63, 3.8) is 0 Å². The van der Waals surface area contributed by atoms with Gasteiger partial charge in [-0.15, -0.1) is 0 Å². The van der Waals surface area contributed by atoms with Gasteiger partial charge in [0.15, 0.2) is 6.61 Å². The van der Waals surface area contributed by atoms with Crippen LogP contribution >= 0.6 is 27.5 Å². The number of ether oxygens (including phenoxy) is 1. The van der Waals surface area contributed by atoms with Gasteiger partial charge in [0.25, 0.3) is 5.91 Å². The maximum Gasteiger partial charge on any atom is 0.261 e. The van der Waals surface area contributed by atoms with E-state index in [1.54, 1.807) is 23.1 Å². The predicted molar refractivity (Wildman–Crippen MR) is 128 cm³/mol. The fourth-order valence-electron chi connectivity index (χ4n) is 3.15. The van der Waals surface area contributed by atoms with Gasteiger partial charge in [-0.05, 0) is 71.9 Å². The molecular weight excluding hydrogens is 480 g/mol. The number of hydrogen-bond donors (Lipinski definition) is 1. The van der Waals surface area contributed by atoms with Crippen LogP contribution in [0.15, 0.2) is 46.9 Å². The Labute approximate surface area is 198 Å².